The molecule has 50 heavy (non-hydrogen) atoms. The van der Waals surface area contributed by atoms with E-state index < -0.39 is 6.04 Å². The Bertz CT molecular complexity index is 2450. The lowest BCUT2D eigenvalue weighted by molar-refractivity contribution is -0.113. The van der Waals surface area contributed by atoms with Crippen molar-refractivity contribution in [3.05, 3.63) is 164 Å². The lowest BCUT2D eigenvalue weighted by Crippen LogP contribution is -2.40. The lowest BCUT2D eigenvalue weighted by atomic mass is 9.95. The van der Waals surface area contributed by atoms with Crippen LogP contribution in [0.4, 0.5) is 5.69 Å². The van der Waals surface area contributed by atoms with Crippen LogP contribution in [0.3, 0.4) is 0 Å². The molecule has 0 unspecified atom stereocenters. The maximum atomic E-state index is 14.5. The van der Waals surface area contributed by atoms with E-state index >= 15 is 0 Å². The second kappa shape index (κ2) is 14.9. The van der Waals surface area contributed by atoms with Gasteiger partial charge in [-0.1, -0.05) is 84.1 Å². The van der Waals surface area contributed by atoms with Gasteiger partial charge >= 0.3 is 0 Å². The fraction of sp³-hybridized carbons (Fsp3) is 0.125. The number of carbonyl (C=O) groups excluding carboxylic acids is 1. The highest BCUT2D eigenvalue weighted by atomic mass is 127. The molecule has 1 aliphatic rings. The van der Waals surface area contributed by atoms with E-state index in [1.165, 1.54) is 11.3 Å². The quantitative estimate of drug-likeness (QED) is 0.149. The number of thiazole rings is 1. The van der Waals surface area contributed by atoms with Gasteiger partial charge in [0.2, 0.25) is 0 Å². The average molecular weight is 904 g/mol. The van der Waals surface area contributed by atoms with Crippen LogP contribution in [0.15, 0.2) is 130 Å². The number of benzene rings is 5. The Labute approximate surface area is 320 Å². The number of hydrogen-bond donors (Lipinski definition) is 1. The summed E-state index contributed by atoms with van der Waals surface area (Å²) < 4.78 is 16.3. The predicted octanol–water partition coefficient (Wildman–Crippen LogP) is 8.21. The molecule has 2 heterocycles. The molecule has 0 radical (unpaired) electrons. The molecule has 5 aromatic carbocycles. The standard InChI is InChI=1S/C40H31I2N3O4S/c1-3-48-31-18-16-26(17-19-31)36-35(38(46)44-30-13-5-4-6-14-30)24(2)43-40-45(36)39(47)34(50-40)21-28-20-29(41)22-33(42)37(28)49-23-27-12-9-11-25-10-7-8-15-32(25)27/h4-22,36H,3,23H2,1-2H3,(H,44,46)/b34-21-/t36-/m0/s1. The third-order valence-corrected chi connectivity index (χ3v) is 10.8. The van der Waals surface area contributed by atoms with E-state index in [9.17, 15) is 9.59 Å². The van der Waals surface area contributed by atoms with Crippen molar-refractivity contribution < 1.29 is 14.3 Å². The van der Waals surface area contributed by atoms with Gasteiger partial charge < -0.3 is 14.8 Å². The second-order valence-electron chi connectivity index (χ2n) is 11.6. The van der Waals surface area contributed by atoms with Crippen LogP contribution >= 0.6 is 56.5 Å². The van der Waals surface area contributed by atoms with E-state index in [-0.39, 0.29) is 11.5 Å². The number of aromatic nitrogens is 1. The summed E-state index contributed by atoms with van der Waals surface area (Å²) in [6.07, 6.45) is 1.88. The molecule has 0 spiro atoms. The molecule has 0 saturated carbocycles. The first-order valence-electron chi connectivity index (χ1n) is 16.0. The fourth-order valence-corrected chi connectivity index (χ4v) is 9.19. The summed E-state index contributed by atoms with van der Waals surface area (Å²) in [4.78, 5) is 33.8. The predicted molar refractivity (Wildman–Crippen MR) is 217 cm³/mol. The molecule has 1 N–H and O–H groups in total. The topological polar surface area (TPSA) is 81.9 Å². The molecule has 0 fully saturated rings. The van der Waals surface area contributed by atoms with E-state index in [1.54, 1.807) is 4.57 Å². The summed E-state index contributed by atoms with van der Waals surface area (Å²) in [6.45, 7) is 4.65. The molecule has 250 valence electrons. The van der Waals surface area contributed by atoms with Gasteiger partial charge in [-0.15, -0.1) is 0 Å². The number of ether oxygens (including phenoxy) is 2. The number of allylic oxidation sites excluding steroid dienone is 1. The van der Waals surface area contributed by atoms with Crippen LogP contribution in [-0.2, 0) is 11.4 Å². The van der Waals surface area contributed by atoms with Crippen LogP contribution in [0.2, 0.25) is 0 Å². The van der Waals surface area contributed by atoms with E-state index in [0.717, 1.165) is 34.6 Å². The molecule has 1 amide bonds. The largest absolute Gasteiger partial charge is 0.494 e. The molecule has 7 rings (SSSR count). The Morgan fingerprint density at radius 3 is 2.46 bits per heavy atom. The number of rotatable bonds is 9. The molecule has 1 aromatic heterocycles. The molecule has 1 aliphatic heterocycles. The van der Waals surface area contributed by atoms with E-state index in [1.807, 2.05) is 98.8 Å². The summed E-state index contributed by atoms with van der Waals surface area (Å²) in [5.41, 5.74) is 4.02. The summed E-state index contributed by atoms with van der Waals surface area (Å²) in [6, 6.07) is 34.7. The van der Waals surface area contributed by atoms with Crippen molar-refractivity contribution in [3.8, 4) is 11.5 Å². The van der Waals surface area contributed by atoms with Crippen LogP contribution in [0.1, 0.15) is 36.6 Å². The summed E-state index contributed by atoms with van der Waals surface area (Å²) in [7, 11) is 0. The number of carbonyl (C=O) groups is 1. The molecular formula is C40H31I2N3O4S. The minimum atomic E-state index is -0.703. The minimum Gasteiger partial charge on any atom is -0.494 e. The molecule has 7 nitrogen and oxygen atoms in total. The smallest absolute Gasteiger partial charge is 0.271 e. The van der Waals surface area contributed by atoms with Gasteiger partial charge in [-0.05, 0) is 123 Å². The Hall–Kier alpha value is -4.27. The Morgan fingerprint density at radius 2 is 1.68 bits per heavy atom. The molecule has 10 heteroatoms. The Kier molecular flexibility index (Phi) is 10.2. The van der Waals surface area contributed by atoms with Crippen molar-refractivity contribution in [1.29, 1.82) is 0 Å². The number of anilines is 1. The van der Waals surface area contributed by atoms with Gasteiger partial charge in [0.05, 0.1) is 32.0 Å². The normalized spacial score (nSPS) is 14.3. The van der Waals surface area contributed by atoms with Crippen molar-refractivity contribution >= 4 is 85.0 Å². The highest BCUT2D eigenvalue weighted by Gasteiger charge is 2.32. The van der Waals surface area contributed by atoms with Crippen molar-refractivity contribution in [3.63, 3.8) is 0 Å². The molecule has 6 aromatic rings. The minimum absolute atomic E-state index is 0.237. The maximum absolute atomic E-state index is 14.5. The monoisotopic (exact) mass is 903 g/mol. The zero-order valence-electron chi connectivity index (χ0n) is 27.2. The molecule has 0 bridgehead atoms. The van der Waals surface area contributed by atoms with E-state index in [0.29, 0.717) is 51.0 Å². The first-order chi connectivity index (χ1) is 24.3. The van der Waals surface area contributed by atoms with E-state index in [4.69, 9.17) is 14.5 Å². The zero-order valence-corrected chi connectivity index (χ0v) is 32.3. The van der Waals surface area contributed by atoms with Crippen LogP contribution < -0.4 is 29.7 Å². The van der Waals surface area contributed by atoms with Gasteiger partial charge in [-0.2, -0.15) is 0 Å². The number of nitrogens with one attached hydrogen (secondary N) is 1. The molecule has 0 aliphatic carbocycles. The number of fused-ring (bicyclic) bond motifs is 2. The van der Waals surface area contributed by atoms with Gasteiger partial charge in [-0.25, -0.2) is 4.99 Å². The fourth-order valence-electron chi connectivity index (χ4n) is 6.11. The number of halogens is 2. The average Bonchev–Trinajstić information content (AvgIpc) is 3.41. The van der Waals surface area contributed by atoms with Crippen LogP contribution in [0.25, 0.3) is 16.8 Å². The van der Waals surface area contributed by atoms with Crippen molar-refractivity contribution in [2.45, 2.75) is 26.5 Å². The highest BCUT2D eigenvalue weighted by Crippen LogP contribution is 2.33. The number of amides is 1. The van der Waals surface area contributed by atoms with Crippen LogP contribution in [0, 0.1) is 7.14 Å². The number of hydrogen-bond acceptors (Lipinski definition) is 6. The van der Waals surface area contributed by atoms with Gasteiger partial charge in [0.1, 0.15) is 18.1 Å². The van der Waals surface area contributed by atoms with E-state index in [2.05, 4.69) is 80.8 Å². The molecule has 1 atom stereocenters. The van der Waals surface area contributed by atoms with Crippen molar-refractivity contribution in [2.24, 2.45) is 4.99 Å². The molecule has 0 saturated heterocycles. The van der Waals surface area contributed by atoms with Gasteiger partial charge in [-0.3, -0.25) is 14.2 Å². The van der Waals surface area contributed by atoms with Crippen molar-refractivity contribution in [2.75, 3.05) is 11.9 Å². The number of para-hydroxylation sites is 1. The summed E-state index contributed by atoms with van der Waals surface area (Å²) in [5, 5.41) is 5.30. The molecular weight excluding hydrogens is 872 g/mol. The highest BCUT2D eigenvalue weighted by molar-refractivity contribution is 14.1. The van der Waals surface area contributed by atoms with Crippen LogP contribution in [0.5, 0.6) is 11.5 Å². The Balaban J connectivity index is 1.32. The Morgan fingerprint density at radius 1 is 0.940 bits per heavy atom. The third kappa shape index (κ3) is 7.01. The first-order valence-corrected chi connectivity index (χ1v) is 19.0. The summed E-state index contributed by atoms with van der Waals surface area (Å²) in [5.74, 6) is 1.10. The third-order valence-electron chi connectivity index (χ3n) is 8.38. The number of nitrogens with zero attached hydrogens (tertiary/aromatic N) is 2. The first kappa shape index (κ1) is 34.2. The van der Waals surface area contributed by atoms with Crippen molar-refractivity contribution in [1.82, 2.24) is 4.57 Å². The summed E-state index contributed by atoms with van der Waals surface area (Å²) >= 11 is 5.88. The van der Waals surface area contributed by atoms with Gasteiger partial charge in [0.25, 0.3) is 11.5 Å². The van der Waals surface area contributed by atoms with Gasteiger partial charge in [0, 0.05) is 14.8 Å². The zero-order chi connectivity index (χ0) is 34.8. The van der Waals surface area contributed by atoms with Crippen LogP contribution in [-0.4, -0.2) is 17.1 Å². The maximum Gasteiger partial charge on any atom is 0.271 e. The lowest BCUT2D eigenvalue weighted by Gasteiger charge is -2.25. The second-order valence-corrected chi connectivity index (χ2v) is 15.1. The SMILES string of the molecule is CCOc1ccc([C@H]2C(C(=O)Nc3ccccc3)=C(C)N=c3s/c(=C\c4cc(I)cc(I)c4OCc4cccc5ccccc45)c(=O)n32)cc1. The van der Waals surface area contributed by atoms with Gasteiger partial charge in [0.15, 0.2) is 4.80 Å².